The molecule has 1 fully saturated rings. The molecule has 2 aromatic rings. The molecule has 0 aliphatic carbocycles. The number of carbonyl (C=O) groups is 2. The molecule has 1 atom stereocenters. The third-order valence-electron chi connectivity index (χ3n) is 5.71. The first-order chi connectivity index (χ1) is 14.4. The average molecular weight is 411 g/mol. The highest BCUT2D eigenvalue weighted by Gasteiger charge is 2.27. The van der Waals surface area contributed by atoms with Crippen LogP contribution in [0.25, 0.3) is 0 Å². The van der Waals surface area contributed by atoms with Crippen molar-refractivity contribution in [1.29, 1.82) is 0 Å². The van der Waals surface area contributed by atoms with E-state index in [0.717, 1.165) is 53.5 Å². The second kappa shape index (κ2) is 9.69. The normalized spacial score (nSPS) is 16.3. The molecule has 1 aromatic heterocycles. The van der Waals surface area contributed by atoms with Gasteiger partial charge in [0.1, 0.15) is 11.6 Å². The minimum atomic E-state index is -0.0504. The topological polar surface area (TPSA) is 84.4 Å². The van der Waals surface area contributed by atoms with Gasteiger partial charge in [0.2, 0.25) is 11.8 Å². The number of nitrogens with zero attached hydrogens (tertiary/aromatic N) is 3. The number of benzene rings is 1. The fourth-order valence-electron chi connectivity index (χ4n) is 3.90. The summed E-state index contributed by atoms with van der Waals surface area (Å²) in [7, 11) is 3.26. The molecule has 30 heavy (non-hydrogen) atoms. The van der Waals surface area contributed by atoms with Gasteiger partial charge in [0.05, 0.1) is 20.0 Å². The zero-order valence-corrected chi connectivity index (χ0v) is 18.2. The summed E-state index contributed by atoms with van der Waals surface area (Å²) >= 11 is 0. The number of piperidine rings is 1. The summed E-state index contributed by atoms with van der Waals surface area (Å²) in [5.41, 5.74) is 3.52. The Morgan fingerprint density at radius 1 is 1.13 bits per heavy atom. The molecular formula is C23H30N4O3. The fraction of sp³-hybridized carbons (Fsp3) is 0.478. The highest BCUT2D eigenvalue weighted by molar-refractivity contribution is 5.79. The lowest BCUT2D eigenvalue weighted by atomic mass is 9.95. The summed E-state index contributed by atoms with van der Waals surface area (Å²) in [6, 6.07) is 7.61. The Bertz CT molecular complexity index is 888. The van der Waals surface area contributed by atoms with Crippen LogP contribution in [0.15, 0.2) is 24.3 Å². The molecule has 1 aromatic carbocycles. The monoisotopic (exact) mass is 410 g/mol. The van der Waals surface area contributed by atoms with Crippen LogP contribution in [0.5, 0.6) is 5.75 Å². The molecule has 0 unspecified atom stereocenters. The van der Waals surface area contributed by atoms with E-state index in [1.807, 2.05) is 43.0 Å². The number of likely N-dealkylation sites (N-methyl/N-ethyl adjacent to an activating group) is 1. The van der Waals surface area contributed by atoms with Gasteiger partial charge in [-0.15, -0.1) is 0 Å². The Hall–Kier alpha value is -2.96. The fourth-order valence-corrected chi connectivity index (χ4v) is 3.90. The van der Waals surface area contributed by atoms with Gasteiger partial charge in [-0.3, -0.25) is 9.59 Å². The molecule has 0 spiro atoms. The quantitative estimate of drug-likeness (QED) is 0.790. The second-order valence-electron chi connectivity index (χ2n) is 7.78. The number of rotatable bonds is 6. The van der Waals surface area contributed by atoms with E-state index >= 15 is 0 Å². The third-order valence-corrected chi connectivity index (χ3v) is 5.71. The highest BCUT2D eigenvalue weighted by Crippen LogP contribution is 2.26. The van der Waals surface area contributed by atoms with Gasteiger partial charge in [-0.1, -0.05) is 12.1 Å². The van der Waals surface area contributed by atoms with E-state index in [2.05, 4.69) is 5.32 Å². The molecule has 160 valence electrons. The Morgan fingerprint density at radius 2 is 1.80 bits per heavy atom. The molecule has 7 heteroatoms. The van der Waals surface area contributed by atoms with Crippen molar-refractivity contribution in [3.05, 3.63) is 52.6 Å². The van der Waals surface area contributed by atoms with Gasteiger partial charge in [-0.25, -0.2) is 9.97 Å². The predicted octanol–water partition coefficient (Wildman–Crippen LogP) is 2.34. The lowest BCUT2D eigenvalue weighted by Crippen LogP contribution is -2.40. The maximum Gasteiger partial charge on any atom is 0.227 e. The van der Waals surface area contributed by atoms with Crippen LogP contribution in [-0.2, 0) is 22.4 Å². The molecule has 2 heterocycles. The zero-order chi connectivity index (χ0) is 21.7. The van der Waals surface area contributed by atoms with Crippen LogP contribution in [0.1, 0.15) is 47.1 Å². The van der Waals surface area contributed by atoms with Crippen molar-refractivity contribution >= 4 is 11.8 Å². The largest absolute Gasteiger partial charge is 0.497 e. The van der Waals surface area contributed by atoms with Gasteiger partial charge in [0.25, 0.3) is 0 Å². The van der Waals surface area contributed by atoms with Gasteiger partial charge in [0.15, 0.2) is 0 Å². The minimum Gasteiger partial charge on any atom is -0.497 e. The number of hydrogen-bond acceptors (Lipinski definition) is 5. The van der Waals surface area contributed by atoms with Crippen LogP contribution < -0.4 is 10.1 Å². The molecule has 1 N–H and O–H groups in total. The Labute approximate surface area is 177 Å². The first-order valence-corrected chi connectivity index (χ1v) is 10.4. The van der Waals surface area contributed by atoms with Crippen LogP contribution in [-0.4, -0.2) is 53.9 Å². The van der Waals surface area contributed by atoms with E-state index in [9.17, 15) is 9.59 Å². The maximum absolute atomic E-state index is 12.9. The van der Waals surface area contributed by atoms with Crippen LogP contribution in [0.3, 0.4) is 0 Å². The number of nitrogens with one attached hydrogen (secondary N) is 1. The molecule has 0 saturated carbocycles. The number of carbonyl (C=O) groups excluding carboxylic acids is 2. The molecule has 1 aliphatic rings. The van der Waals surface area contributed by atoms with Gasteiger partial charge in [0, 0.05) is 43.0 Å². The second-order valence-corrected chi connectivity index (χ2v) is 7.78. The van der Waals surface area contributed by atoms with E-state index < -0.39 is 0 Å². The van der Waals surface area contributed by atoms with Crippen LogP contribution >= 0.6 is 0 Å². The summed E-state index contributed by atoms with van der Waals surface area (Å²) in [6.45, 7) is 5.23. The third kappa shape index (κ3) is 5.14. The number of hydrogen-bond donors (Lipinski definition) is 1. The summed E-state index contributed by atoms with van der Waals surface area (Å²) in [4.78, 5) is 35.9. The van der Waals surface area contributed by atoms with E-state index in [0.29, 0.717) is 13.0 Å². The summed E-state index contributed by atoms with van der Waals surface area (Å²) in [5.74, 6) is 1.74. The van der Waals surface area contributed by atoms with Crippen LogP contribution in [0, 0.1) is 13.8 Å². The van der Waals surface area contributed by atoms with E-state index in [-0.39, 0.29) is 24.2 Å². The van der Waals surface area contributed by atoms with Crippen molar-refractivity contribution < 1.29 is 14.3 Å². The maximum atomic E-state index is 12.9. The zero-order valence-electron chi connectivity index (χ0n) is 18.2. The summed E-state index contributed by atoms with van der Waals surface area (Å²) in [5, 5.41) is 2.64. The lowest BCUT2D eigenvalue weighted by molar-refractivity contribution is -0.131. The average Bonchev–Trinajstić information content (AvgIpc) is 2.76. The Balaban J connectivity index is 1.69. The lowest BCUT2D eigenvalue weighted by Gasteiger charge is -2.32. The van der Waals surface area contributed by atoms with Gasteiger partial charge in [-0.05, 0) is 44.4 Å². The van der Waals surface area contributed by atoms with Crippen molar-refractivity contribution in [2.75, 3.05) is 27.2 Å². The number of methoxy groups -OCH3 is 1. The van der Waals surface area contributed by atoms with Crippen molar-refractivity contribution in [2.24, 2.45) is 0 Å². The highest BCUT2D eigenvalue weighted by atomic mass is 16.5. The van der Waals surface area contributed by atoms with Gasteiger partial charge >= 0.3 is 0 Å². The van der Waals surface area contributed by atoms with E-state index in [1.54, 1.807) is 14.2 Å². The predicted molar refractivity (Wildman–Crippen MR) is 115 cm³/mol. The standard InChI is InChI=1S/C23H30N4O3/c1-15-20(13-21(28)24-3)16(2)26-23(25-15)18-6-5-11-27(14-18)22(29)12-17-7-9-19(30-4)10-8-17/h7-10,18H,5-6,11-14H2,1-4H3,(H,24,28)/t18-/m1/s1. The number of aromatic nitrogens is 2. The van der Waals surface area contributed by atoms with Gasteiger partial charge < -0.3 is 15.0 Å². The number of amides is 2. The van der Waals surface area contributed by atoms with Crippen molar-refractivity contribution in [3.63, 3.8) is 0 Å². The van der Waals surface area contributed by atoms with Crippen LogP contribution in [0.4, 0.5) is 0 Å². The molecule has 1 saturated heterocycles. The first kappa shape index (κ1) is 21.7. The Morgan fingerprint density at radius 3 is 2.40 bits per heavy atom. The van der Waals surface area contributed by atoms with Crippen LogP contribution in [0.2, 0.25) is 0 Å². The molecule has 7 nitrogen and oxygen atoms in total. The summed E-state index contributed by atoms with van der Waals surface area (Å²) in [6.07, 6.45) is 2.55. The van der Waals surface area contributed by atoms with Gasteiger partial charge in [-0.2, -0.15) is 0 Å². The molecule has 2 amide bonds. The molecule has 3 rings (SSSR count). The van der Waals surface area contributed by atoms with E-state index in [1.165, 1.54) is 0 Å². The number of ether oxygens (including phenoxy) is 1. The molecule has 1 aliphatic heterocycles. The SMILES string of the molecule is CNC(=O)Cc1c(C)nc([C@@H]2CCCN(C(=O)Cc3ccc(OC)cc3)C2)nc1C. The summed E-state index contributed by atoms with van der Waals surface area (Å²) < 4.78 is 5.18. The number of aryl methyl sites for hydroxylation is 2. The minimum absolute atomic E-state index is 0.0504. The van der Waals surface area contributed by atoms with Crippen molar-refractivity contribution in [3.8, 4) is 5.75 Å². The molecule has 0 radical (unpaired) electrons. The molecular weight excluding hydrogens is 380 g/mol. The first-order valence-electron chi connectivity index (χ1n) is 10.4. The smallest absolute Gasteiger partial charge is 0.227 e. The number of likely N-dealkylation sites (tertiary alicyclic amines) is 1. The Kier molecular flexibility index (Phi) is 7.03. The van der Waals surface area contributed by atoms with Crippen molar-refractivity contribution in [2.45, 2.75) is 45.4 Å². The molecule has 0 bridgehead atoms. The van der Waals surface area contributed by atoms with E-state index in [4.69, 9.17) is 14.7 Å². The van der Waals surface area contributed by atoms with Crippen molar-refractivity contribution in [1.82, 2.24) is 20.2 Å².